The summed E-state index contributed by atoms with van der Waals surface area (Å²) in [4.78, 5) is 22.7. The summed E-state index contributed by atoms with van der Waals surface area (Å²) in [5.74, 6) is 1.90. The Balaban J connectivity index is 1.31. The molecular formula is C24H40N4OS2. The van der Waals surface area contributed by atoms with Gasteiger partial charge in [-0.25, -0.2) is 9.78 Å². The smallest absolute Gasteiger partial charge is 0.319 e. The van der Waals surface area contributed by atoms with Crippen LogP contribution in [0.5, 0.6) is 0 Å². The monoisotopic (exact) mass is 464 g/mol. The standard InChI is InChI=1S/C24H40N4OS2/c1-19-10-12-21(13-11-19)28(20-8-4-2-5-9-20)24(29)26-23-25-18-22(31-23)30-17-16-27-14-6-3-7-15-27/h18-21H,2-17H2,1H3,(H,25,26,29). The molecule has 0 spiro atoms. The Morgan fingerprint density at radius 1 is 1.06 bits per heavy atom. The van der Waals surface area contributed by atoms with E-state index in [4.69, 9.17) is 0 Å². The fraction of sp³-hybridized carbons (Fsp3) is 0.833. The van der Waals surface area contributed by atoms with Crippen molar-refractivity contribution >= 4 is 34.3 Å². The fourth-order valence-corrected chi connectivity index (χ4v) is 7.45. The van der Waals surface area contributed by atoms with Gasteiger partial charge in [-0.1, -0.05) is 43.9 Å². The first kappa shape index (κ1) is 23.4. The van der Waals surface area contributed by atoms with Crippen molar-refractivity contribution in [3.8, 4) is 0 Å². The van der Waals surface area contributed by atoms with Gasteiger partial charge in [0.1, 0.15) is 0 Å². The Bertz CT molecular complexity index is 677. The number of hydrogen-bond acceptors (Lipinski definition) is 5. The zero-order chi connectivity index (χ0) is 21.5. The highest BCUT2D eigenvalue weighted by Gasteiger charge is 2.34. The second-order valence-electron chi connectivity index (χ2n) is 9.78. The molecule has 1 aliphatic heterocycles. The number of hydrogen-bond donors (Lipinski definition) is 1. The maximum absolute atomic E-state index is 13.4. The molecule has 1 N–H and O–H groups in total. The van der Waals surface area contributed by atoms with Gasteiger partial charge in [0.15, 0.2) is 5.13 Å². The summed E-state index contributed by atoms with van der Waals surface area (Å²) in [6.07, 6.45) is 17.0. The van der Waals surface area contributed by atoms with Crippen molar-refractivity contribution in [1.82, 2.24) is 14.8 Å². The molecule has 1 aromatic rings. The van der Waals surface area contributed by atoms with Crippen LogP contribution in [0.3, 0.4) is 0 Å². The summed E-state index contributed by atoms with van der Waals surface area (Å²) in [5.41, 5.74) is 0. The fourth-order valence-electron chi connectivity index (χ4n) is 5.51. The summed E-state index contributed by atoms with van der Waals surface area (Å²) in [5, 5.41) is 3.94. The third kappa shape index (κ3) is 6.84. The molecule has 5 nitrogen and oxygen atoms in total. The SMILES string of the molecule is CC1CCC(N(C(=O)Nc2ncc(SCCN3CCCCC3)s2)C2CCCCC2)CC1. The number of nitrogens with zero attached hydrogens (tertiary/aromatic N) is 3. The van der Waals surface area contributed by atoms with Crippen LogP contribution >= 0.6 is 23.1 Å². The third-order valence-electron chi connectivity index (χ3n) is 7.38. The molecule has 3 fully saturated rings. The van der Waals surface area contributed by atoms with Crippen molar-refractivity contribution < 1.29 is 4.79 Å². The molecule has 174 valence electrons. The summed E-state index contributed by atoms with van der Waals surface area (Å²) in [6, 6.07) is 0.897. The molecule has 1 aromatic heterocycles. The number of amides is 2. The molecule has 0 radical (unpaired) electrons. The van der Waals surface area contributed by atoms with Crippen LogP contribution in [0.15, 0.2) is 10.4 Å². The van der Waals surface area contributed by atoms with Crippen molar-refractivity contribution in [2.45, 2.75) is 100 Å². The Labute approximate surface area is 196 Å². The van der Waals surface area contributed by atoms with Gasteiger partial charge in [0.25, 0.3) is 0 Å². The van der Waals surface area contributed by atoms with Crippen LogP contribution in [0.1, 0.15) is 84.0 Å². The first-order valence-electron chi connectivity index (χ1n) is 12.6. The summed E-state index contributed by atoms with van der Waals surface area (Å²) in [7, 11) is 0. The van der Waals surface area contributed by atoms with Gasteiger partial charge in [-0.2, -0.15) is 0 Å². The summed E-state index contributed by atoms with van der Waals surface area (Å²) in [6.45, 7) is 6.00. The highest BCUT2D eigenvalue weighted by Crippen LogP contribution is 2.34. The molecule has 0 atom stereocenters. The Morgan fingerprint density at radius 3 is 2.48 bits per heavy atom. The van der Waals surface area contributed by atoms with Gasteiger partial charge in [0.2, 0.25) is 0 Å². The van der Waals surface area contributed by atoms with E-state index in [-0.39, 0.29) is 6.03 Å². The van der Waals surface area contributed by atoms with Gasteiger partial charge in [-0.15, -0.1) is 11.8 Å². The third-order valence-corrected chi connectivity index (χ3v) is 9.47. The van der Waals surface area contributed by atoms with Crippen LogP contribution in [0.25, 0.3) is 0 Å². The second kappa shape index (κ2) is 11.9. The molecule has 2 amide bonds. The van der Waals surface area contributed by atoms with Crippen molar-refractivity contribution in [2.75, 3.05) is 30.7 Å². The minimum absolute atomic E-state index is 0.0886. The lowest BCUT2D eigenvalue weighted by molar-refractivity contribution is 0.105. The molecule has 3 aliphatic rings. The minimum atomic E-state index is 0.0886. The number of carbonyl (C=O) groups excluding carboxylic acids is 1. The first-order valence-corrected chi connectivity index (χ1v) is 14.4. The van der Waals surface area contributed by atoms with Crippen LogP contribution in [0.4, 0.5) is 9.93 Å². The number of carbonyl (C=O) groups is 1. The topological polar surface area (TPSA) is 48.5 Å². The molecule has 31 heavy (non-hydrogen) atoms. The van der Waals surface area contributed by atoms with E-state index in [2.05, 4.69) is 27.0 Å². The highest BCUT2D eigenvalue weighted by molar-refractivity contribution is 8.01. The number of thiazole rings is 1. The minimum Gasteiger partial charge on any atom is -0.319 e. The van der Waals surface area contributed by atoms with Crippen LogP contribution in [-0.2, 0) is 0 Å². The predicted molar refractivity (Wildman–Crippen MR) is 132 cm³/mol. The van der Waals surface area contributed by atoms with E-state index in [1.165, 1.54) is 68.7 Å². The van der Waals surface area contributed by atoms with Gasteiger partial charge in [0, 0.05) is 24.4 Å². The number of aromatic nitrogens is 1. The number of urea groups is 1. The van der Waals surface area contributed by atoms with Crippen LogP contribution in [0.2, 0.25) is 0 Å². The molecule has 0 unspecified atom stereocenters. The van der Waals surface area contributed by atoms with Gasteiger partial charge in [-0.3, -0.25) is 5.32 Å². The maximum Gasteiger partial charge on any atom is 0.324 e. The zero-order valence-corrected chi connectivity index (χ0v) is 20.8. The van der Waals surface area contributed by atoms with E-state index in [1.807, 2.05) is 18.0 Å². The number of rotatable bonds is 7. The molecule has 1 saturated heterocycles. The Morgan fingerprint density at radius 2 is 1.74 bits per heavy atom. The van der Waals surface area contributed by atoms with Crippen molar-refractivity contribution in [1.29, 1.82) is 0 Å². The lowest BCUT2D eigenvalue weighted by Crippen LogP contribution is -2.51. The van der Waals surface area contributed by atoms with Crippen molar-refractivity contribution in [3.05, 3.63) is 6.20 Å². The number of anilines is 1. The van der Waals surface area contributed by atoms with E-state index in [0.29, 0.717) is 12.1 Å². The van der Waals surface area contributed by atoms with Crippen LogP contribution in [-0.4, -0.2) is 58.3 Å². The molecule has 0 aromatic carbocycles. The Hall–Kier alpha value is -0.790. The second-order valence-corrected chi connectivity index (χ2v) is 12.2. The van der Waals surface area contributed by atoms with Gasteiger partial charge < -0.3 is 9.80 Å². The van der Waals surface area contributed by atoms with Crippen LogP contribution < -0.4 is 5.32 Å². The number of thioether (sulfide) groups is 1. The lowest BCUT2D eigenvalue weighted by atomic mass is 9.84. The number of nitrogens with one attached hydrogen (secondary N) is 1. The zero-order valence-electron chi connectivity index (χ0n) is 19.2. The summed E-state index contributed by atoms with van der Waals surface area (Å²) >= 11 is 3.51. The number of likely N-dealkylation sites (tertiary alicyclic amines) is 1. The first-order chi connectivity index (χ1) is 15.2. The van der Waals surface area contributed by atoms with Crippen molar-refractivity contribution in [2.24, 2.45) is 5.92 Å². The van der Waals surface area contributed by atoms with E-state index >= 15 is 0 Å². The van der Waals surface area contributed by atoms with E-state index < -0.39 is 0 Å². The van der Waals surface area contributed by atoms with E-state index in [9.17, 15) is 4.79 Å². The highest BCUT2D eigenvalue weighted by atomic mass is 32.2. The average Bonchev–Trinajstić information content (AvgIpc) is 3.24. The van der Waals surface area contributed by atoms with E-state index in [0.717, 1.165) is 49.0 Å². The molecule has 0 bridgehead atoms. The van der Waals surface area contributed by atoms with Crippen molar-refractivity contribution in [3.63, 3.8) is 0 Å². The average molecular weight is 465 g/mol. The molecule has 2 saturated carbocycles. The van der Waals surface area contributed by atoms with Gasteiger partial charge >= 0.3 is 6.03 Å². The predicted octanol–water partition coefficient (Wildman–Crippen LogP) is 6.47. The van der Waals surface area contributed by atoms with Gasteiger partial charge in [0.05, 0.1) is 10.4 Å². The summed E-state index contributed by atoms with van der Waals surface area (Å²) < 4.78 is 1.21. The quantitative estimate of drug-likeness (QED) is 0.470. The molecule has 7 heteroatoms. The van der Waals surface area contributed by atoms with E-state index in [1.54, 1.807) is 11.3 Å². The maximum atomic E-state index is 13.4. The largest absolute Gasteiger partial charge is 0.324 e. The normalized spacial score (nSPS) is 26.0. The van der Waals surface area contributed by atoms with Crippen LogP contribution in [0, 0.1) is 5.92 Å². The Kier molecular flexibility index (Phi) is 8.97. The number of piperidine rings is 1. The molecule has 4 rings (SSSR count). The molecular weight excluding hydrogens is 424 g/mol. The van der Waals surface area contributed by atoms with Gasteiger partial charge in [-0.05, 0) is 70.4 Å². The molecule has 2 heterocycles. The lowest BCUT2D eigenvalue weighted by Gasteiger charge is -2.42. The molecule has 2 aliphatic carbocycles.